The number of hydrogen-bond donors (Lipinski definition) is 2. The van der Waals surface area contributed by atoms with Gasteiger partial charge >= 0.3 is 0 Å². The van der Waals surface area contributed by atoms with Crippen molar-refractivity contribution in [2.24, 2.45) is 5.73 Å². The summed E-state index contributed by atoms with van der Waals surface area (Å²) in [6.07, 6.45) is 0. The number of nitrogens with two attached hydrogens (primary N) is 1. The average Bonchev–Trinajstić information content (AvgIpc) is 2.35. The minimum atomic E-state index is 0.380. The summed E-state index contributed by atoms with van der Waals surface area (Å²) in [7, 11) is 0. The molecule has 4 nitrogen and oxygen atoms in total. The second-order valence-corrected chi connectivity index (χ2v) is 3.77. The Hall–Kier alpha value is -0.550. The standard InChI is InChI=1S/C6H12N4S/c1-4(3-7)11-6-8-5(2)9-10-6/h4H,3,7H2,1-2H3,(H,8,9,10). The van der Waals surface area contributed by atoms with Crippen LogP contribution in [0.3, 0.4) is 0 Å². The number of rotatable bonds is 3. The summed E-state index contributed by atoms with van der Waals surface area (Å²) in [5.41, 5.74) is 5.44. The van der Waals surface area contributed by atoms with E-state index < -0.39 is 0 Å². The van der Waals surface area contributed by atoms with E-state index in [0.29, 0.717) is 11.8 Å². The highest BCUT2D eigenvalue weighted by Gasteiger charge is 2.05. The van der Waals surface area contributed by atoms with Crippen LogP contribution >= 0.6 is 11.8 Å². The number of H-pyrrole nitrogens is 1. The molecule has 1 heterocycles. The average molecular weight is 172 g/mol. The summed E-state index contributed by atoms with van der Waals surface area (Å²) >= 11 is 1.59. The number of aryl methyl sites for hydroxylation is 1. The first-order valence-corrected chi connectivity index (χ1v) is 4.36. The number of thioether (sulfide) groups is 1. The molecule has 0 saturated carbocycles. The van der Waals surface area contributed by atoms with Gasteiger partial charge in [0, 0.05) is 11.8 Å². The zero-order valence-corrected chi connectivity index (χ0v) is 7.48. The third kappa shape index (κ3) is 2.51. The largest absolute Gasteiger partial charge is 0.329 e. The smallest absolute Gasteiger partial charge is 0.208 e. The van der Waals surface area contributed by atoms with E-state index in [-0.39, 0.29) is 0 Å². The van der Waals surface area contributed by atoms with Crippen LogP contribution in [0.25, 0.3) is 0 Å². The Morgan fingerprint density at radius 1 is 1.73 bits per heavy atom. The van der Waals surface area contributed by atoms with E-state index in [9.17, 15) is 0 Å². The molecule has 11 heavy (non-hydrogen) atoms. The lowest BCUT2D eigenvalue weighted by Gasteiger charge is -2.01. The maximum absolute atomic E-state index is 5.44. The van der Waals surface area contributed by atoms with Crippen LogP contribution in [-0.4, -0.2) is 27.0 Å². The van der Waals surface area contributed by atoms with Crippen molar-refractivity contribution in [3.63, 3.8) is 0 Å². The van der Waals surface area contributed by atoms with Crippen molar-refractivity contribution in [1.29, 1.82) is 0 Å². The van der Waals surface area contributed by atoms with E-state index in [0.717, 1.165) is 11.0 Å². The van der Waals surface area contributed by atoms with Gasteiger partial charge in [-0.2, -0.15) is 0 Å². The number of nitrogens with one attached hydrogen (secondary N) is 1. The Morgan fingerprint density at radius 2 is 2.45 bits per heavy atom. The predicted octanol–water partition coefficient (Wildman–Crippen LogP) is 0.552. The molecule has 0 aliphatic rings. The van der Waals surface area contributed by atoms with Gasteiger partial charge in [-0.3, -0.25) is 5.10 Å². The molecule has 0 fully saturated rings. The fraction of sp³-hybridized carbons (Fsp3) is 0.667. The van der Waals surface area contributed by atoms with Crippen LogP contribution in [0.2, 0.25) is 0 Å². The van der Waals surface area contributed by atoms with Crippen molar-refractivity contribution in [2.45, 2.75) is 24.3 Å². The number of aromatic amines is 1. The molecule has 1 aromatic heterocycles. The first-order chi connectivity index (χ1) is 5.22. The Morgan fingerprint density at radius 3 is 2.91 bits per heavy atom. The Bertz CT molecular complexity index is 222. The Balaban J connectivity index is 2.50. The third-order valence-electron chi connectivity index (χ3n) is 1.22. The van der Waals surface area contributed by atoms with Crippen LogP contribution in [-0.2, 0) is 0 Å². The van der Waals surface area contributed by atoms with Crippen LogP contribution in [0.4, 0.5) is 0 Å². The number of nitrogens with zero attached hydrogens (tertiary/aromatic N) is 2. The second-order valence-electron chi connectivity index (χ2n) is 2.37. The first-order valence-electron chi connectivity index (χ1n) is 3.48. The zero-order valence-electron chi connectivity index (χ0n) is 6.66. The van der Waals surface area contributed by atoms with Gasteiger partial charge in [0.05, 0.1) is 0 Å². The zero-order chi connectivity index (χ0) is 8.27. The van der Waals surface area contributed by atoms with Crippen LogP contribution in [0.15, 0.2) is 5.16 Å². The summed E-state index contributed by atoms with van der Waals surface area (Å²) in [6.45, 7) is 4.58. The van der Waals surface area contributed by atoms with Gasteiger partial charge in [-0.15, -0.1) is 5.10 Å². The van der Waals surface area contributed by atoms with Gasteiger partial charge < -0.3 is 5.73 Å². The summed E-state index contributed by atoms with van der Waals surface area (Å²) in [5.74, 6) is 0.844. The minimum Gasteiger partial charge on any atom is -0.329 e. The van der Waals surface area contributed by atoms with Crippen molar-refractivity contribution in [3.8, 4) is 0 Å². The fourth-order valence-electron chi connectivity index (χ4n) is 0.603. The molecule has 1 unspecified atom stereocenters. The Labute approximate surface area is 70.0 Å². The summed E-state index contributed by atoms with van der Waals surface area (Å²) in [5, 5.41) is 7.91. The molecule has 1 aromatic rings. The molecular weight excluding hydrogens is 160 g/mol. The lowest BCUT2D eigenvalue weighted by atomic mass is 10.5. The van der Waals surface area contributed by atoms with Crippen molar-refractivity contribution >= 4 is 11.8 Å². The highest BCUT2D eigenvalue weighted by atomic mass is 32.2. The van der Waals surface area contributed by atoms with Gasteiger partial charge in [0.25, 0.3) is 0 Å². The van der Waals surface area contributed by atoms with E-state index in [2.05, 4.69) is 22.1 Å². The monoisotopic (exact) mass is 172 g/mol. The molecule has 0 radical (unpaired) electrons. The maximum atomic E-state index is 5.44. The molecule has 5 heteroatoms. The van der Waals surface area contributed by atoms with Crippen molar-refractivity contribution in [3.05, 3.63) is 5.82 Å². The molecule has 1 rings (SSSR count). The predicted molar refractivity (Wildman–Crippen MR) is 45.5 cm³/mol. The van der Waals surface area contributed by atoms with E-state index in [1.54, 1.807) is 11.8 Å². The molecule has 0 bridgehead atoms. The molecule has 0 aliphatic carbocycles. The molecule has 3 N–H and O–H groups in total. The van der Waals surface area contributed by atoms with Crippen LogP contribution in [0.1, 0.15) is 12.7 Å². The highest BCUT2D eigenvalue weighted by molar-refractivity contribution is 7.99. The fourth-order valence-corrected chi connectivity index (χ4v) is 1.35. The minimum absolute atomic E-state index is 0.380. The lowest BCUT2D eigenvalue weighted by molar-refractivity contribution is 0.921. The van der Waals surface area contributed by atoms with E-state index >= 15 is 0 Å². The van der Waals surface area contributed by atoms with Crippen LogP contribution in [0, 0.1) is 6.92 Å². The molecule has 0 spiro atoms. The molecule has 0 aromatic carbocycles. The van der Waals surface area contributed by atoms with Gasteiger partial charge in [-0.05, 0) is 6.92 Å². The number of aromatic nitrogens is 3. The first kappa shape index (κ1) is 8.55. The quantitative estimate of drug-likeness (QED) is 0.653. The van der Waals surface area contributed by atoms with Crippen LogP contribution < -0.4 is 5.73 Å². The molecule has 0 aliphatic heterocycles. The van der Waals surface area contributed by atoms with Gasteiger partial charge in [0.2, 0.25) is 5.16 Å². The van der Waals surface area contributed by atoms with Crippen molar-refractivity contribution < 1.29 is 0 Å². The molecule has 0 saturated heterocycles. The van der Waals surface area contributed by atoms with Gasteiger partial charge in [-0.25, -0.2) is 4.98 Å². The van der Waals surface area contributed by atoms with E-state index in [4.69, 9.17) is 5.73 Å². The topological polar surface area (TPSA) is 67.6 Å². The maximum Gasteiger partial charge on any atom is 0.208 e. The van der Waals surface area contributed by atoms with Crippen molar-refractivity contribution in [2.75, 3.05) is 6.54 Å². The molecular formula is C6H12N4S. The van der Waals surface area contributed by atoms with Gasteiger partial charge in [0.15, 0.2) is 0 Å². The van der Waals surface area contributed by atoms with Crippen LogP contribution in [0.5, 0.6) is 0 Å². The summed E-state index contributed by atoms with van der Waals surface area (Å²) in [4.78, 5) is 4.14. The second kappa shape index (κ2) is 3.73. The summed E-state index contributed by atoms with van der Waals surface area (Å²) < 4.78 is 0. The molecule has 62 valence electrons. The molecule has 1 atom stereocenters. The van der Waals surface area contributed by atoms with Gasteiger partial charge in [-0.1, -0.05) is 18.7 Å². The normalized spacial score (nSPS) is 13.4. The highest BCUT2D eigenvalue weighted by Crippen LogP contribution is 2.17. The number of hydrogen-bond acceptors (Lipinski definition) is 4. The van der Waals surface area contributed by atoms with E-state index in [1.165, 1.54) is 0 Å². The van der Waals surface area contributed by atoms with E-state index in [1.807, 2.05) is 6.92 Å². The van der Waals surface area contributed by atoms with Gasteiger partial charge in [0.1, 0.15) is 5.82 Å². The third-order valence-corrected chi connectivity index (χ3v) is 2.20. The summed E-state index contributed by atoms with van der Waals surface area (Å²) in [6, 6.07) is 0. The Kier molecular flexibility index (Phi) is 2.90. The molecule has 0 amide bonds. The lowest BCUT2D eigenvalue weighted by Crippen LogP contribution is -2.12. The van der Waals surface area contributed by atoms with Crippen molar-refractivity contribution in [1.82, 2.24) is 15.2 Å². The SMILES string of the molecule is Cc1nc(SC(C)CN)n[nH]1.